The van der Waals surface area contributed by atoms with Crippen LogP contribution in [-0.2, 0) is 5.54 Å². The molecule has 1 aromatic rings. The van der Waals surface area contributed by atoms with Gasteiger partial charge in [-0.15, -0.1) is 0 Å². The van der Waals surface area contributed by atoms with E-state index in [2.05, 4.69) is 13.0 Å². The van der Waals surface area contributed by atoms with Crippen LogP contribution < -0.4 is 10.5 Å². The van der Waals surface area contributed by atoms with Crippen LogP contribution in [0.25, 0.3) is 0 Å². The van der Waals surface area contributed by atoms with Crippen LogP contribution in [0.2, 0.25) is 0 Å². The molecule has 1 saturated carbocycles. The average Bonchev–Trinajstić information content (AvgIpc) is 2.89. The Kier molecular flexibility index (Phi) is 4.28. The molecule has 0 aromatic heterocycles. The Morgan fingerprint density at radius 3 is 2.61 bits per heavy atom. The Bertz CT molecular complexity index is 380. The molecule has 1 unspecified atom stereocenters. The molecule has 0 radical (unpaired) electrons. The molecule has 1 aromatic carbocycles. The fourth-order valence-corrected chi connectivity index (χ4v) is 3.05. The summed E-state index contributed by atoms with van der Waals surface area (Å²) in [6, 6.07) is 8.12. The van der Waals surface area contributed by atoms with Crippen LogP contribution in [0.1, 0.15) is 51.0 Å². The van der Waals surface area contributed by atoms with Crippen LogP contribution in [0.5, 0.6) is 5.75 Å². The number of benzene rings is 1. The second-order valence-corrected chi connectivity index (χ2v) is 5.81. The van der Waals surface area contributed by atoms with Gasteiger partial charge in [-0.05, 0) is 31.7 Å². The minimum Gasteiger partial charge on any atom is -0.496 e. The Morgan fingerprint density at radius 2 is 1.94 bits per heavy atom. The van der Waals surface area contributed by atoms with Gasteiger partial charge < -0.3 is 10.5 Å². The Morgan fingerprint density at radius 1 is 1.28 bits per heavy atom. The molecule has 1 fully saturated rings. The Labute approximate surface area is 111 Å². The third-order valence-electron chi connectivity index (χ3n) is 4.27. The first-order chi connectivity index (χ1) is 8.63. The van der Waals surface area contributed by atoms with Crippen LogP contribution >= 0.6 is 0 Å². The maximum Gasteiger partial charge on any atom is 0.123 e. The van der Waals surface area contributed by atoms with Gasteiger partial charge in [0, 0.05) is 11.1 Å². The van der Waals surface area contributed by atoms with E-state index in [0.29, 0.717) is 0 Å². The van der Waals surface area contributed by atoms with Gasteiger partial charge in [-0.2, -0.15) is 0 Å². The number of hydrogen-bond donors (Lipinski definition) is 1. The molecular formula is C16H25NO. The first-order valence-corrected chi connectivity index (χ1v) is 7.06. The molecule has 100 valence electrons. The van der Waals surface area contributed by atoms with Crippen LogP contribution in [0.4, 0.5) is 0 Å². The number of para-hydroxylation sites is 1. The molecule has 2 heteroatoms. The number of methoxy groups -OCH3 is 1. The minimum absolute atomic E-state index is 0.283. The van der Waals surface area contributed by atoms with Gasteiger partial charge in [0.15, 0.2) is 0 Å². The van der Waals surface area contributed by atoms with Gasteiger partial charge in [-0.1, -0.05) is 43.9 Å². The van der Waals surface area contributed by atoms with Gasteiger partial charge in [-0.3, -0.25) is 0 Å². The lowest BCUT2D eigenvalue weighted by Gasteiger charge is -2.28. The van der Waals surface area contributed by atoms with Crippen molar-refractivity contribution >= 4 is 0 Å². The first-order valence-electron chi connectivity index (χ1n) is 7.06. The maximum atomic E-state index is 6.51. The smallest absolute Gasteiger partial charge is 0.123 e. The van der Waals surface area contributed by atoms with Crippen molar-refractivity contribution in [3.63, 3.8) is 0 Å². The third kappa shape index (κ3) is 3.05. The lowest BCUT2D eigenvalue weighted by Crippen LogP contribution is -2.33. The van der Waals surface area contributed by atoms with Crippen molar-refractivity contribution in [3.05, 3.63) is 29.8 Å². The van der Waals surface area contributed by atoms with Crippen molar-refractivity contribution in [1.29, 1.82) is 0 Å². The van der Waals surface area contributed by atoms with Crippen LogP contribution in [0, 0.1) is 5.92 Å². The number of hydrogen-bond acceptors (Lipinski definition) is 2. The maximum absolute atomic E-state index is 6.51. The van der Waals surface area contributed by atoms with Crippen molar-refractivity contribution < 1.29 is 4.74 Å². The van der Waals surface area contributed by atoms with E-state index in [4.69, 9.17) is 10.5 Å². The van der Waals surface area contributed by atoms with E-state index in [1.165, 1.54) is 32.1 Å². The number of ether oxygens (including phenoxy) is 1. The SMILES string of the molecule is COc1ccccc1C(C)(N)CCC1CCCC1. The largest absolute Gasteiger partial charge is 0.496 e. The summed E-state index contributed by atoms with van der Waals surface area (Å²) >= 11 is 0. The highest BCUT2D eigenvalue weighted by atomic mass is 16.5. The van der Waals surface area contributed by atoms with Gasteiger partial charge in [0.1, 0.15) is 5.75 Å². The summed E-state index contributed by atoms with van der Waals surface area (Å²) in [7, 11) is 1.71. The van der Waals surface area contributed by atoms with E-state index >= 15 is 0 Å². The van der Waals surface area contributed by atoms with Crippen LogP contribution in [0.3, 0.4) is 0 Å². The van der Waals surface area contributed by atoms with E-state index in [1.807, 2.05) is 18.2 Å². The summed E-state index contributed by atoms with van der Waals surface area (Å²) in [5.41, 5.74) is 7.36. The Hall–Kier alpha value is -1.02. The lowest BCUT2D eigenvalue weighted by atomic mass is 9.84. The molecule has 2 rings (SSSR count). The zero-order valence-electron chi connectivity index (χ0n) is 11.6. The van der Waals surface area contributed by atoms with Crippen molar-refractivity contribution in [2.24, 2.45) is 11.7 Å². The highest BCUT2D eigenvalue weighted by molar-refractivity contribution is 5.38. The minimum atomic E-state index is -0.283. The molecule has 0 heterocycles. The average molecular weight is 247 g/mol. The molecule has 0 saturated heterocycles. The van der Waals surface area contributed by atoms with Gasteiger partial charge in [0.25, 0.3) is 0 Å². The summed E-state index contributed by atoms with van der Waals surface area (Å²) in [6.07, 6.45) is 7.87. The molecule has 2 N–H and O–H groups in total. The van der Waals surface area contributed by atoms with Crippen LogP contribution in [0.15, 0.2) is 24.3 Å². The monoisotopic (exact) mass is 247 g/mol. The molecule has 0 bridgehead atoms. The molecule has 1 atom stereocenters. The van der Waals surface area contributed by atoms with E-state index in [0.717, 1.165) is 23.7 Å². The fourth-order valence-electron chi connectivity index (χ4n) is 3.05. The first kappa shape index (κ1) is 13.4. The Balaban J connectivity index is 2.04. The zero-order valence-corrected chi connectivity index (χ0v) is 11.6. The van der Waals surface area contributed by atoms with Crippen molar-refractivity contribution in [3.8, 4) is 5.75 Å². The van der Waals surface area contributed by atoms with Gasteiger partial charge >= 0.3 is 0 Å². The predicted octanol–water partition coefficient (Wildman–Crippen LogP) is 3.84. The molecule has 2 nitrogen and oxygen atoms in total. The van der Waals surface area contributed by atoms with Crippen LogP contribution in [-0.4, -0.2) is 7.11 Å². The van der Waals surface area contributed by atoms with E-state index in [1.54, 1.807) is 7.11 Å². The summed E-state index contributed by atoms with van der Waals surface area (Å²) in [6.45, 7) is 2.12. The van der Waals surface area contributed by atoms with E-state index < -0.39 is 0 Å². The summed E-state index contributed by atoms with van der Waals surface area (Å²) < 4.78 is 5.42. The second kappa shape index (κ2) is 5.75. The lowest BCUT2D eigenvalue weighted by molar-refractivity contribution is 0.349. The van der Waals surface area contributed by atoms with Crippen molar-refractivity contribution in [2.45, 2.75) is 51.0 Å². The standard InChI is InChI=1S/C16H25NO/c1-16(17,12-11-13-7-3-4-8-13)14-9-5-6-10-15(14)18-2/h5-6,9-10,13H,3-4,7-8,11-12,17H2,1-2H3. The normalized spacial score (nSPS) is 19.7. The highest BCUT2D eigenvalue weighted by Gasteiger charge is 2.26. The molecule has 1 aliphatic carbocycles. The highest BCUT2D eigenvalue weighted by Crippen LogP contribution is 2.35. The second-order valence-electron chi connectivity index (χ2n) is 5.81. The van der Waals surface area contributed by atoms with E-state index in [-0.39, 0.29) is 5.54 Å². The van der Waals surface area contributed by atoms with Crippen molar-refractivity contribution in [2.75, 3.05) is 7.11 Å². The van der Waals surface area contributed by atoms with Crippen molar-refractivity contribution in [1.82, 2.24) is 0 Å². The molecule has 1 aliphatic rings. The summed E-state index contributed by atoms with van der Waals surface area (Å²) in [5.74, 6) is 1.80. The predicted molar refractivity (Wildman–Crippen MR) is 75.7 cm³/mol. The zero-order chi connectivity index (χ0) is 13.0. The quantitative estimate of drug-likeness (QED) is 0.858. The molecule has 0 amide bonds. The molecule has 18 heavy (non-hydrogen) atoms. The van der Waals surface area contributed by atoms with E-state index in [9.17, 15) is 0 Å². The van der Waals surface area contributed by atoms with Gasteiger partial charge in [0.2, 0.25) is 0 Å². The van der Waals surface area contributed by atoms with Gasteiger partial charge in [0.05, 0.1) is 7.11 Å². The van der Waals surface area contributed by atoms with Gasteiger partial charge in [-0.25, -0.2) is 0 Å². The molecule has 0 aliphatic heterocycles. The number of nitrogens with two attached hydrogens (primary N) is 1. The summed E-state index contributed by atoms with van der Waals surface area (Å²) in [4.78, 5) is 0. The molecular weight excluding hydrogens is 222 g/mol. The topological polar surface area (TPSA) is 35.2 Å². The third-order valence-corrected chi connectivity index (χ3v) is 4.27. The number of rotatable bonds is 5. The summed E-state index contributed by atoms with van der Waals surface area (Å²) in [5, 5.41) is 0. The fraction of sp³-hybridized carbons (Fsp3) is 0.625. The molecule has 0 spiro atoms.